The maximum Gasteiger partial charge on any atom is 0.254 e. The Bertz CT molecular complexity index is 385. The number of carbonyl (C=O) groups is 1. The molecule has 0 saturated heterocycles. The van der Waals surface area contributed by atoms with Gasteiger partial charge in [-0.25, -0.2) is 0 Å². The SMILES string of the molecule is O=C(/C=C/C1=CCCCC1)n1cccc1. The minimum Gasteiger partial charge on any atom is -0.291 e. The second-order valence-corrected chi connectivity index (χ2v) is 3.79. The monoisotopic (exact) mass is 201 g/mol. The predicted octanol–water partition coefficient (Wildman–Crippen LogP) is 3.18. The first kappa shape index (κ1) is 9.97. The molecular formula is C13H15NO. The van der Waals surface area contributed by atoms with Crippen molar-refractivity contribution in [2.24, 2.45) is 0 Å². The summed E-state index contributed by atoms with van der Waals surface area (Å²) < 4.78 is 1.58. The summed E-state index contributed by atoms with van der Waals surface area (Å²) >= 11 is 0. The number of hydrogen-bond donors (Lipinski definition) is 0. The van der Waals surface area contributed by atoms with Gasteiger partial charge in [0.15, 0.2) is 0 Å². The Morgan fingerprint density at radius 2 is 2.07 bits per heavy atom. The fourth-order valence-electron chi connectivity index (χ4n) is 1.76. The molecule has 1 aliphatic carbocycles. The Balaban J connectivity index is 1.99. The van der Waals surface area contributed by atoms with E-state index in [0.29, 0.717) is 0 Å². The third kappa shape index (κ3) is 2.69. The lowest BCUT2D eigenvalue weighted by molar-refractivity contribution is 0.0969. The van der Waals surface area contributed by atoms with E-state index in [1.165, 1.54) is 18.4 Å². The molecule has 1 aromatic rings. The van der Waals surface area contributed by atoms with E-state index in [9.17, 15) is 4.79 Å². The van der Waals surface area contributed by atoms with E-state index in [-0.39, 0.29) is 5.91 Å². The van der Waals surface area contributed by atoms with Crippen LogP contribution in [0.1, 0.15) is 30.5 Å². The van der Waals surface area contributed by atoms with Gasteiger partial charge in [0.05, 0.1) is 0 Å². The van der Waals surface area contributed by atoms with E-state index in [1.54, 1.807) is 23.0 Å². The molecule has 0 atom stereocenters. The summed E-state index contributed by atoms with van der Waals surface area (Å²) in [5, 5.41) is 0. The number of aromatic nitrogens is 1. The molecule has 2 nitrogen and oxygen atoms in total. The quantitative estimate of drug-likeness (QED) is 0.673. The number of hydrogen-bond acceptors (Lipinski definition) is 1. The van der Waals surface area contributed by atoms with Gasteiger partial charge in [0.1, 0.15) is 0 Å². The lowest BCUT2D eigenvalue weighted by atomic mass is 9.99. The molecule has 1 aliphatic rings. The first-order chi connectivity index (χ1) is 7.36. The van der Waals surface area contributed by atoms with Crippen LogP contribution < -0.4 is 0 Å². The molecule has 0 saturated carbocycles. The average Bonchev–Trinajstić information content (AvgIpc) is 2.81. The molecule has 0 bridgehead atoms. The van der Waals surface area contributed by atoms with Gasteiger partial charge >= 0.3 is 0 Å². The molecule has 2 heteroatoms. The largest absolute Gasteiger partial charge is 0.291 e. The molecule has 0 aliphatic heterocycles. The van der Waals surface area contributed by atoms with Crippen molar-refractivity contribution in [1.82, 2.24) is 4.57 Å². The second-order valence-electron chi connectivity index (χ2n) is 3.79. The molecule has 0 amide bonds. The van der Waals surface area contributed by atoms with Gasteiger partial charge in [-0.3, -0.25) is 9.36 Å². The Labute approximate surface area is 89.9 Å². The van der Waals surface area contributed by atoms with Crippen molar-refractivity contribution in [1.29, 1.82) is 0 Å². The van der Waals surface area contributed by atoms with E-state index < -0.39 is 0 Å². The van der Waals surface area contributed by atoms with Crippen LogP contribution in [0.4, 0.5) is 0 Å². The molecule has 2 rings (SSSR count). The van der Waals surface area contributed by atoms with Crippen LogP contribution in [-0.2, 0) is 0 Å². The fraction of sp³-hybridized carbons (Fsp3) is 0.308. The maximum absolute atomic E-state index is 11.6. The normalized spacial score (nSPS) is 16.7. The smallest absolute Gasteiger partial charge is 0.254 e. The zero-order chi connectivity index (χ0) is 10.5. The van der Waals surface area contributed by atoms with Gasteiger partial charge in [0.25, 0.3) is 5.91 Å². The number of carbonyl (C=O) groups excluding carboxylic acids is 1. The standard InChI is InChI=1S/C13H15NO/c15-13(14-10-4-5-11-14)9-8-12-6-2-1-3-7-12/h4-6,8-11H,1-3,7H2/b9-8+. The lowest BCUT2D eigenvalue weighted by Gasteiger charge is -2.07. The van der Waals surface area contributed by atoms with Crippen molar-refractivity contribution in [2.75, 3.05) is 0 Å². The highest BCUT2D eigenvalue weighted by Gasteiger charge is 2.01. The molecule has 78 valence electrons. The molecule has 1 heterocycles. The first-order valence-corrected chi connectivity index (χ1v) is 5.41. The van der Waals surface area contributed by atoms with Crippen molar-refractivity contribution >= 4 is 5.91 Å². The molecule has 0 unspecified atom stereocenters. The minimum atomic E-state index is 0.0199. The number of allylic oxidation sites excluding steroid dienone is 4. The van der Waals surface area contributed by atoms with Crippen LogP contribution in [0.25, 0.3) is 0 Å². The molecule has 0 N–H and O–H groups in total. The Hall–Kier alpha value is -1.57. The third-order valence-electron chi connectivity index (χ3n) is 2.63. The van der Waals surface area contributed by atoms with Crippen LogP contribution in [0.15, 0.2) is 48.3 Å². The van der Waals surface area contributed by atoms with Gasteiger partial charge in [-0.15, -0.1) is 0 Å². The van der Waals surface area contributed by atoms with E-state index in [4.69, 9.17) is 0 Å². The van der Waals surface area contributed by atoms with Crippen LogP contribution in [0.5, 0.6) is 0 Å². The van der Waals surface area contributed by atoms with Crippen molar-refractivity contribution in [2.45, 2.75) is 25.7 Å². The molecule has 0 fully saturated rings. The van der Waals surface area contributed by atoms with Crippen LogP contribution in [-0.4, -0.2) is 10.5 Å². The zero-order valence-corrected chi connectivity index (χ0v) is 8.73. The van der Waals surface area contributed by atoms with Crippen LogP contribution >= 0.6 is 0 Å². The van der Waals surface area contributed by atoms with Gasteiger partial charge in [-0.05, 0) is 37.8 Å². The fourth-order valence-corrected chi connectivity index (χ4v) is 1.76. The molecular weight excluding hydrogens is 186 g/mol. The summed E-state index contributed by atoms with van der Waals surface area (Å²) in [5.41, 5.74) is 1.29. The summed E-state index contributed by atoms with van der Waals surface area (Å²) in [6.45, 7) is 0. The first-order valence-electron chi connectivity index (χ1n) is 5.41. The van der Waals surface area contributed by atoms with E-state index in [1.807, 2.05) is 18.2 Å². The van der Waals surface area contributed by atoms with Gasteiger partial charge in [0, 0.05) is 18.5 Å². The van der Waals surface area contributed by atoms with Gasteiger partial charge in [0.2, 0.25) is 0 Å². The Kier molecular flexibility index (Phi) is 3.18. The number of nitrogens with zero attached hydrogens (tertiary/aromatic N) is 1. The minimum absolute atomic E-state index is 0.0199. The molecule has 1 aromatic heterocycles. The Morgan fingerprint density at radius 3 is 2.73 bits per heavy atom. The van der Waals surface area contributed by atoms with E-state index in [0.717, 1.165) is 12.8 Å². The molecule has 15 heavy (non-hydrogen) atoms. The second kappa shape index (κ2) is 4.78. The Morgan fingerprint density at radius 1 is 1.27 bits per heavy atom. The van der Waals surface area contributed by atoms with Gasteiger partial charge in [-0.2, -0.15) is 0 Å². The maximum atomic E-state index is 11.6. The molecule has 0 aromatic carbocycles. The summed E-state index contributed by atoms with van der Waals surface area (Å²) in [6, 6.07) is 3.71. The van der Waals surface area contributed by atoms with Crippen molar-refractivity contribution < 1.29 is 4.79 Å². The highest BCUT2D eigenvalue weighted by atomic mass is 16.1. The van der Waals surface area contributed by atoms with Crippen molar-refractivity contribution in [3.05, 3.63) is 48.3 Å². The summed E-state index contributed by atoms with van der Waals surface area (Å²) in [4.78, 5) is 11.6. The van der Waals surface area contributed by atoms with Gasteiger partial charge < -0.3 is 0 Å². The van der Waals surface area contributed by atoms with E-state index >= 15 is 0 Å². The van der Waals surface area contributed by atoms with Crippen molar-refractivity contribution in [3.8, 4) is 0 Å². The zero-order valence-electron chi connectivity index (χ0n) is 8.73. The summed E-state index contributed by atoms with van der Waals surface area (Å²) in [7, 11) is 0. The summed E-state index contributed by atoms with van der Waals surface area (Å²) in [5.74, 6) is 0.0199. The molecule has 0 spiro atoms. The van der Waals surface area contributed by atoms with E-state index in [2.05, 4.69) is 6.08 Å². The predicted molar refractivity (Wildman–Crippen MR) is 60.7 cm³/mol. The topological polar surface area (TPSA) is 22.0 Å². The number of rotatable bonds is 2. The van der Waals surface area contributed by atoms with Crippen LogP contribution in [0.2, 0.25) is 0 Å². The summed E-state index contributed by atoms with van der Waals surface area (Å²) in [6.07, 6.45) is 14.1. The van der Waals surface area contributed by atoms with Crippen LogP contribution in [0.3, 0.4) is 0 Å². The van der Waals surface area contributed by atoms with Gasteiger partial charge in [-0.1, -0.05) is 17.7 Å². The average molecular weight is 201 g/mol. The van der Waals surface area contributed by atoms with Crippen LogP contribution in [0, 0.1) is 0 Å². The van der Waals surface area contributed by atoms with Crippen molar-refractivity contribution in [3.63, 3.8) is 0 Å². The highest BCUT2D eigenvalue weighted by molar-refractivity contribution is 5.90. The highest BCUT2D eigenvalue weighted by Crippen LogP contribution is 2.17. The molecule has 0 radical (unpaired) electrons. The third-order valence-corrected chi connectivity index (χ3v) is 2.63. The lowest BCUT2D eigenvalue weighted by Crippen LogP contribution is -2.03.